The molecule has 0 aliphatic heterocycles. The van der Waals surface area contributed by atoms with Crippen LogP contribution in [0.2, 0.25) is 13.1 Å². The molecule has 2 atom stereocenters. The highest BCUT2D eigenvalue weighted by atomic mass is 28.5. The van der Waals surface area contributed by atoms with E-state index in [2.05, 4.69) is 13.2 Å². The highest BCUT2D eigenvalue weighted by Crippen LogP contribution is 2.16. The molecule has 3 nitrogen and oxygen atoms in total. The van der Waals surface area contributed by atoms with Gasteiger partial charge in [-0.15, -0.1) is 13.2 Å². The minimum absolute atomic E-state index is 1.63. The van der Waals surface area contributed by atoms with Gasteiger partial charge in [0.25, 0.3) is 0 Å². The minimum atomic E-state index is -2.25. The molecule has 0 N–H and O–H groups in total. The summed E-state index contributed by atoms with van der Waals surface area (Å²) in [7, 11) is -1.24. The summed E-state index contributed by atoms with van der Waals surface area (Å²) < 4.78 is 16.4. The Morgan fingerprint density at radius 1 is 0.923 bits per heavy atom. The monoisotopic (exact) mass is 218 g/mol. The van der Waals surface area contributed by atoms with Gasteiger partial charge in [0.2, 0.25) is 0 Å². The molecule has 0 saturated heterocycles. The van der Waals surface area contributed by atoms with Gasteiger partial charge in [-0.2, -0.15) is 0 Å². The highest BCUT2D eigenvalue weighted by molar-refractivity contribution is 6.84. The van der Waals surface area contributed by atoms with Crippen LogP contribution in [0.15, 0.2) is 24.6 Å². The summed E-state index contributed by atoms with van der Waals surface area (Å²) in [5.74, 6) is 0. The van der Waals surface area contributed by atoms with Gasteiger partial charge in [-0.3, -0.25) is 0 Å². The molecule has 0 saturated carbocycles. The first-order valence-electron chi connectivity index (χ1n) is 4.03. The molecular formula is C8H18O3Si2. The Morgan fingerprint density at radius 2 is 1.23 bits per heavy atom. The van der Waals surface area contributed by atoms with E-state index in [1.807, 2.05) is 13.1 Å². The number of rotatable bonds is 6. The lowest BCUT2D eigenvalue weighted by Gasteiger charge is -2.30. The van der Waals surface area contributed by atoms with E-state index in [1.165, 1.54) is 0 Å². The summed E-state index contributed by atoms with van der Waals surface area (Å²) >= 11 is 0. The lowest BCUT2D eigenvalue weighted by Crippen LogP contribution is -2.49. The Morgan fingerprint density at radius 3 is 1.38 bits per heavy atom. The molecule has 0 aliphatic rings. The molecule has 0 bridgehead atoms. The van der Waals surface area contributed by atoms with Crippen LogP contribution in [-0.4, -0.2) is 31.3 Å². The largest absolute Gasteiger partial charge is 0.409 e. The van der Waals surface area contributed by atoms with Gasteiger partial charge in [0.05, 0.1) is 0 Å². The molecule has 5 heteroatoms. The van der Waals surface area contributed by atoms with Gasteiger partial charge >= 0.3 is 17.1 Å². The van der Waals surface area contributed by atoms with Crippen LogP contribution >= 0.6 is 0 Å². The SMILES string of the molecule is C=C[Si](C)(OC)O[Si](C)(C=C)OC. The third kappa shape index (κ3) is 3.57. The van der Waals surface area contributed by atoms with Crippen molar-refractivity contribution in [1.82, 2.24) is 0 Å². The van der Waals surface area contributed by atoms with Crippen LogP contribution in [0, 0.1) is 0 Å². The lowest BCUT2D eigenvalue weighted by molar-refractivity contribution is 0.259. The van der Waals surface area contributed by atoms with Crippen molar-refractivity contribution in [2.24, 2.45) is 0 Å². The number of hydrogen-bond donors (Lipinski definition) is 0. The van der Waals surface area contributed by atoms with Gasteiger partial charge in [0.1, 0.15) is 0 Å². The van der Waals surface area contributed by atoms with E-state index in [9.17, 15) is 0 Å². The Bertz CT molecular complexity index is 178. The zero-order valence-corrected chi connectivity index (χ0v) is 10.8. The van der Waals surface area contributed by atoms with E-state index >= 15 is 0 Å². The van der Waals surface area contributed by atoms with Crippen molar-refractivity contribution in [3.05, 3.63) is 24.6 Å². The second-order valence-corrected chi connectivity index (χ2v) is 9.46. The zero-order valence-electron chi connectivity index (χ0n) is 8.79. The second kappa shape index (κ2) is 4.87. The molecule has 0 heterocycles. The molecular weight excluding hydrogens is 200 g/mol. The van der Waals surface area contributed by atoms with Crippen molar-refractivity contribution in [2.75, 3.05) is 14.2 Å². The van der Waals surface area contributed by atoms with E-state index in [-0.39, 0.29) is 0 Å². The van der Waals surface area contributed by atoms with Crippen LogP contribution in [0.5, 0.6) is 0 Å². The van der Waals surface area contributed by atoms with Crippen molar-refractivity contribution in [3.63, 3.8) is 0 Å². The summed E-state index contributed by atoms with van der Waals surface area (Å²) in [6, 6.07) is 0. The molecule has 0 fully saturated rings. The van der Waals surface area contributed by atoms with Gasteiger partial charge < -0.3 is 13.0 Å². The fourth-order valence-corrected chi connectivity index (χ4v) is 5.62. The Kier molecular flexibility index (Phi) is 4.79. The van der Waals surface area contributed by atoms with Crippen LogP contribution < -0.4 is 0 Å². The molecule has 0 radical (unpaired) electrons. The average Bonchev–Trinajstić information content (AvgIpc) is 2.17. The highest BCUT2D eigenvalue weighted by Gasteiger charge is 2.38. The average molecular weight is 218 g/mol. The molecule has 76 valence electrons. The van der Waals surface area contributed by atoms with Gasteiger partial charge in [-0.1, -0.05) is 11.4 Å². The van der Waals surface area contributed by atoms with Crippen LogP contribution in [0.1, 0.15) is 0 Å². The third-order valence-corrected chi connectivity index (χ3v) is 8.30. The van der Waals surface area contributed by atoms with Crippen molar-refractivity contribution >= 4 is 17.1 Å². The fraction of sp³-hybridized carbons (Fsp3) is 0.500. The normalized spacial score (nSPS) is 20.0. The molecule has 0 amide bonds. The van der Waals surface area contributed by atoms with Gasteiger partial charge in [-0.05, 0) is 13.1 Å². The standard InChI is InChI=1S/C8H18O3Si2/c1-7-12(5,9-3)11-13(6,8-2)10-4/h7-8H,1-2H2,3-6H3. The van der Waals surface area contributed by atoms with Crippen LogP contribution in [0.4, 0.5) is 0 Å². The predicted octanol–water partition coefficient (Wildman–Crippen LogP) is 1.89. The molecule has 2 unspecified atom stereocenters. The molecule has 0 rings (SSSR count). The molecule has 13 heavy (non-hydrogen) atoms. The molecule has 0 aromatic carbocycles. The van der Waals surface area contributed by atoms with E-state index in [0.29, 0.717) is 0 Å². The summed E-state index contributed by atoms with van der Waals surface area (Å²) in [6.45, 7) is 11.2. The number of hydrogen-bond acceptors (Lipinski definition) is 3. The predicted molar refractivity (Wildman–Crippen MR) is 58.7 cm³/mol. The maximum absolute atomic E-state index is 5.82. The summed E-state index contributed by atoms with van der Waals surface area (Å²) in [5.41, 5.74) is 3.47. The second-order valence-electron chi connectivity index (χ2n) is 2.95. The van der Waals surface area contributed by atoms with Crippen LogP contribution in [0.3, 0.4) is 0 Å². The zero-order chi connectivity index (χ0) is 10.5. The van der Waals surface area contributed by atoms with Crippen LogP contribution in [0.25, 0.3) is 0 Å². The summed E-state index contributed by atoms with van der Waals surface area (Å²) in [5, 5.41) is 0. The molecule has 0 aromatic rings. The van der Waals surface area contributed by atoms with Gasteiger partial charge in [0.15, 0.2) is 0 Å². The summed E-state index contributed by atoms with van der Waals surface area (Å²) in [4.78, 5) is 0. The van der Waals surface area contributed by atoms with Crippen molar-refractivity contribution in [2.45, 2.75) is 13.1 Å². The van der Waals surface area contributed by atoms with Gasteiger partial charge in [-0.25, -0.2) is 0 Å². The van der Waals surface area contributed by atoms with E-state index in [4.69, 9.17) is 13.0 Å². The Balaban J connectivity index is 4.54. The van der Waals surface area contributed by atoms with E-state index < -0.39 is 17.1 Å². The van der Waals surface area contributed by atoms with Crippen molar-refractivity contribution in [3.8, 4) is 0 Å². The lowest BCUT2D eigenvalue weighted by atomic mass is 11.3. The molecule has 0 spiro atoms. The first kappa shape index (κ1) is 12.8. The van der Waals surface area contributed by atoms with Crippen molar-refractivity contribution < 1.29 is 13.0 Å². The quantitative estimate of drug-likeness (QED) is 0.637. The van der Waals surface area contributed by atoms with E-state index in [1.54, 1.807) is 25.6 Å². The first-order valence-corrected chi connectivity index (χ1v) is 8.81. The molecule has 0 aromatic heterocycles. The van der Waals surface area contributed by atoms with Crippen molar-refractivity contribution in [1.29, 1.82) is 0 Å². The third-order valence-electron chi connectivity index (χ3n) is 1.96. The Hall–Kier alpha value is -0.206. The fourth-order valence-electron chi connectivity index (χ4n) is 0.736. The summed E-state index contributed by atoms with van der Waals surface area (Å²) in [6.07, 6.45) is 0. The smallest absolute Gasteiger partial charge is 0.352 e. The van der Waals surface area contributed by atoms with E-state index in [0.717, 1.165) is 0 Å². The Labute approximate surface area is 82.5 Å². The maximum Gasteiger partial charge on any atom is 0.352 e. The molecule has 0 aliphatic carbocycles. The topological polar surface area (TPSA) is 27.7 Å². The first-order chi connectivity index (χ1) is 5.95. The van der Waals surface area contributed by atoms with Crippen LogP contribution in [-0.2, 0) is 13.0 Å². The minimum Gasteiger partial charge on any atom is -0.409 e. The van der Waals surface area contributed by atoms with Gasteiger partial charge in [0, 0.05) is 14.2 Å². The maximum atomic E-state index is 5.82.